The van der Waals surface area contributed by atoms with Crippen molar-refractivity contribution < 1.29 is 9.59 Å². The minimum absolute atomic E-state index is 0.00329. The zero-order valence-corrected chi connectivity index (χ0v) is 11.4. The van der Waals surface area contributed by atoms with Gasteiger partial charge in [0.15, 0.2) is 0 Å². The van der Waals surface area contributed by atoms with Gasteiger partial charge in [0.05, 0.1) is 17.8 Å². The van der Waals surface area contributed by atoms with Crippen molar-refractivity contribution in [1.29, 1.82) is 0 Å². The average Bonchev–Trinajstić information content (AvgIpc) is 3.09. The number of hydrogen-bond acceptors (Lipinski definition) is 5. The standard InChI is InChI=1S/C13H12N4O2S/c18-12-4-8-5-17(6-11(8)14-12)13(19)7-1-2-9-10(3-7)16-20-15-9/h1-3,8,11H,4-6H2,(H,14,18)/t8-,11+/m0/s1. The minimum atomic E-state index is 0.00329. The molecule has 2 saturated heterocycles. The molecule has 2 aliphatic rings. The number of amides is 2. The summed E-state index contributed by atoms with van der Waals surface area (Å²) >= 11 is 1.15. The Labute approximate surface area is 119 Å². The summed E-state index contributed by atoms with van der Waals surface area (Å²) in [4.78, 5) is 25.6. The lowest BCUT2D eigenvalue weighted by molar-refractivity contribution is -0.119. The van der Waals surface area contributed by atoms with Crippen molar-refractivity contribution in [2.45, 2.75) is 12.5 Å². The summed E-state index contributed by atoms with van der Waals surface area (Å²) in [6.07, 6.45) is 0.531. The molecule has 2 fully saturated rings. The fourth-order valence-corrected chi connectivity index (χ4v) is 3.53. The Kier molecular flexibility index (Phi) is 2.50. The molecule has 3 heterocycles. The van der Waals surface area contributed by atoms with Crippen LogP contribution in [0.2, 0.25) is 0 Å². The Hall–Kier alpha value is -2.02. The number of benzene rings is 1. The molecule has 102 valence electrons. The van der Waals surface area contributed by atoms with Crippen LogP contribution in [0.5, 0.6) is 0 Å². The third-order valence-corrected chi connectivity index (χ3v) is 4.58. The maximum Gasteiger partial charge on any atom is 0.254 e. The molecule has 0 bridgehead atoms. The number of nitrogens with one attached hydrogen (secondary N) is 1. The van der Waals surface area contributed by atoms with Crippen LogP contribution in [0.15, 0.2) is 18.2 Å². The van der Waals surface area contributed by atoms with Gasteiger partial charge in [-0.25, -0.2) is 0 Å². The van der Waals surface area contributed by atoms with Gasteiger partial charge >= 0.3 is 0 Å². The lowest BCUT2D eigenvalue weighted by Crippen LogP contribution is -2.35. The minimum Gasteiger partial charge on any atom is -0.351 e. The van der Waals surface area contributed by atoms with Gasteiger partial charge in [0, 0.05) is 31.0 Å². The Balaban J connectivity index is 1.57. The fraction of sp³-hybridized carbons (Fsp3) is 0.385. The molecule has 0 radical (unpaired) electrons. The predicted molar refractivity (Wildman–Crippen MR) is 73.4 cm³/mol. The molecule has 1 aromatic heterocycles. The Morgan fingerprint density at radius 3 is 3.00 bits per heavy atom. The normalized spacial score (nSPS) is 25.0. The van der Waals surface area contributed by atoms with E-state index in [-0.39, 0.29) is 23.8 Å². The molecule has 1 aromatic carbocycles. The first kappa shape index (κ1) is 11.8. The molecule has 0 aliphatic carbocycles. The van der Waals surface area contributed by atoms with Gasteiger partial charge in [-0.15, -0.1) is 0 Å². The highest BCUT2D eigenvalue weighted by atomic mass is 32.1. The second kappa shape index (κ2) is 4.24. The number of fused-ring (bicyclic) bond motifs is 2. The van der Waals surface area contributed by atoms with E-state index in [0.29, 0.717) is 25.1 Å². The molecule has 2 aromatic rings. The average molecular weight is 288 g/mol. The SMILES string of the molecule is O=C1C[C@H]2CN(C(=O)c3ccc4nsnc4c3)C[C@H]2N1. The Bertz CT molecular complexity index is 697. The maximum absolute atomic E-state index is 12.5. The van der Waals surface area contributed by atoms with Crippen LogP contribution in [0.1, 0.15) is 16.8 Å². The van der Waals surface area contributed by atoms with E-state index in [2.05, 4.69) is 14.1 Å². The molecule has 7 heteroatoms. The van der Waals surface area contributed by atoms with Crippen LogP contribution in [0.25, 0.3) is 11.0 Å². The van der Waals surface area contributed by atoms with Crippen LogP contribution in [0, 0.1) is 5.92 Å². The van der Waals surface area contributed by atoms with E-state index in [1.165, 1.54) is 0 Å². The number of carbonyl (C=O) groups excluding carboxylic acids is 2. The van der Waals surface area contributed by atoms with E-state index in [9.17, 15) is 9.59 Å². The summed E-state index contributed by atoms with van der Waals surface area (Å²) in [5, 5.41) is 2.92. The van der Waals surface area contributed by atoms with Gasteiger partial charge in [-0.3, -0.25) is 9.59 Å². The van der Waals surface area contributed by atoms with Gasteiger partial charge in [-0.1, -0.05) is 0 Å². The molecular weight excluding hydrogens is 276 g/mol. The van der Waals surface area contributed by atoms with Crippen LogP contribution >= 0.6 is 11.7 Å². The predicted octanol–water partition coefficient (Wildman–Crippen LogP) is 0.652. The molecule has 2 amide bonds. The van der Waals surface area contributed by atoms with Gasteiger partial charge < -0.3 is 10.2 Å². The van der Waals surface area contributed by atoms with E-state index in [1.54, 1.807) is 12.1 Å². The van der Waals surface area contributed by atoms with Crippen molar-refractivity contribution in [2.24, 2.45) is 5.92 Å². The lowest BCUT2D eigenvalue weighted by atomic mass is 10.1. The number of aromatic nitrogens is 2. The molecule has 20 heavy (non-hydrogen) atoms. The smallest absolute Gasteiger partial charge is 0.254 e. The highest BCUT2D eigenvalue weighted by Crippen LogP contribution is 2.27. The number of carbonyl (C=O) groups is 2. The molecule has 2 atom stereocenters. The first-order valence-corrected chi connectivity index (χ1v) is 7.25. The highest BCUT2D eigenvalue weighted by Gasteiger charge is 2.41. The van der Waals surface area contributed by atoms with Crippen molar-refractivity contribution in [3.05, 3.63) is 23.8 Å². The lowest BCUT2D eigenvalue weighted by Gasteiger charge is -2.17. The van der Waals surface area contributed by atoms with E-state index in [1.807, 2.05) is 11.0 Å². The molecule has 1 N–H and O–H groups in total. The summed E-state index contributed by atoms with van der Waals surface area (Å²) in [5.74, 6) is 0.363. The summed E-state index contributed by atoms with van der Waals surface area (Å²) in [7, 11) is 0. The third-order valence-electron chi connectivity index (χ3n) is 4.02. The fourth-order valence-electron chi connectivity index (χ4n) is 3.01. The monoisotopic (exact) mass is 288 g/mol. The van der Waals surface area contributed by atoms with Crippen molar-refractivity contribution in [2.75, 3.05) is 13.1 Å². The highest BCUT2D eigenvalue weighted by molar-refractivity contribution is 7.00. The van der Waals surface area contributed by atoms with Crippen LogP contribution in [0.4, 0.5) is 0 Å². The maximum atomic E-state index is 12.5. The van der Waals surface area contributed by atoms with Crippen LogP contribution in [-0.4, -0.2) is 44.6 Å². The Morgan fingerprint density at radius 1 is 1.30 bits per heavy atom. The van der Waals surface area contributed by atoms with Crippen LogP contribution in [0.3, 0.4) is 0 Å². The van der Waals surface area contributed by atoms with E-state index >= 15 is 0 Å². The van der Waals surface area contributed by atoms with E-state index in [4.69, 9.17) is 0 Å². The summed E-state index contributed by atoms with van der Waals surface area (Å²) in [6, 6.07) is 5.52. The zero-order chi connectivity index (χ0) is 13.7. The van der Waals surface area contributed by atoms with Crippen LogP contribution < -0.4 is 5.32 Å². The number of likely N-dealkylation sites (tertiary alicyclic amines) is 1. The molecule has 6 nitrogen and oxygen atoms in total. The molecule has 0 unspecified atom stereocenters. The summed E-state index contributed by atoms with van der Waals surface area (Å²) in [6.45, 7) is 1.25. The Morgan fingerprint density at radius 2 is 2.15 bits per heavy atom. The third kappa shape index (κ3) is 1.77. The van der Waals surface area contributed by atoms with Crippen molar-refractivity contribution in [3.8, 4) is 0 Å². The quantitative estimate of drug-likeness (QED) is 0.836. The number of nitrogens with zero attached hydrogens (tertiary/aromatic N) is 3. The number of rotatable bonds is 1. The first-order chi connectivity index (χ1) is 9.70. The van der Waals surface area contributed by atoms with Gasteiger partial charge in [0.2, 0.25) is 5.91 Å². The first-order valence-electron chi connectivity index (χ1n) is 6.52. The van der Waals surface area contributed by atoms with Crippen molar-refractivity contribution in [3.63, 3.8) is 0 Å². The summed E-state index contributed by atoms with van der Waals surface area (Å²) in [5.41, 5.74) is 2.21. The largest absolute Gasteiger partial charge is 0.351 e. The zero-order valence-electron chi connectivity index (χ0n) is 10.6. The van der Waals surface area contributed by atoms with Crippen molar-refractivity contribution >= 4 is 34.6 Å². The van der Waals surface area contributed by atoms with Gasteiger partial charge in [-0.2, -0.15) is 8.75 Å². The molecule has 0 saturated carbocycles. The second-order valence-electron chi connectivity index (χ2n) is 5.32. The van der Waals surface area contributed by atoms with Crippen molar-refractivity contribution in [1.82, 2.24) is 19.0 Å². The molecule has 2 aliphatic heterocycles. The number of hydrogen-bond donors (Lipinski definition) is 1. The van der Waals surface area contributed by atoms with Gasteiger partial charge in [0.25, 0.3) is 5.91 Å². The second-order valence-corrected chi connectivity index (χ2v) is 5.84. The topological polar surface area (TPSA) is 75.2 Å². The van der Waals surface area contributed by atoms with E-state index < -0.39 is 0 Å². The van der Waals surface area contributed by atoms with Crippen LogP contribution in [-0.2, 0) is 4.79 Å². The van der Waals surface area contributed by atoms with Gasteiger partial charge in [-0.05, 0) is 18.2 Å². The molecule has 4 rings (SSSR count). The molecule has 0 spiro atoms. The van der Waals surface area contributed by atoms with Gasteiger partial charge in [0.1, 0.15) is 11.0 Å². The summed E-state index contributed by atoms with van der Waals surface area (Å²) < 4.78 is 8.29. The molecular formula is C13H12N4O2S. The van der Waals surface area contributed by atoms with E-state index in [0.717, 1.165) is 22.8 Å².